The minimum absolute atomic E-state index is 0.0965. The highest BCUT2D eigenvalue weighted by Gasteiger charge is 2.19. The highest BCUT2D eigenvalue weighted by Crippen LogP contribution is 2.28. The number of carbonyl (C=O) groups is 2. The molecule has 0 aliphatic heterocycles. The van der Waals surface area contributed by atoms with Gasteiger partial charge in [0.05, 0.1) is 18.0 Å². The third-order valence-electron chi connectivity index (χ3n) is 3.29. The number of benzene rings is 2. The van der Waals surface area contributed by atoms with Gasteiger partial charge in [-0.05, 0) is 47.1 Å². The van der Waals surface area contributed by atoms with E-state index in [0.29, 0.717) is 23.7 Å². The zero-order chi connectivity index (χ0) is 17.5. The van der Waals surface area contributed by atoms with Crippen LogP contribution in [0.5, 0.6) is 5.75 Å². The van der Waals surface area contributed by atoms with Gasteiger partial charge in [0.2, 0.25) is 11.8 Å². The Bertz CT molecular complexity index is 734. The molecule has 2 amide bonds. The average molecular weight is 391 g/mol. The van der Waals surface area contributed by atoms with Crippen LogP contribution in [0.3, 0.4) is 0 Å². The fraction of sp³-hybridized carbons (Fsp3) is 0.222. The lowest BCUT2D eigenvalue weighted by molar-refractivity contribution is -0.120. The summed E-state index contributed by atoms with van der Waals surface area (Å²) in [5.41, 5.74) is 1.23. The molecule has 0 aromatic heterocycles. The quantitative estimate of drug-likeness (QED) is 0.814. The second-order valence-electron chi connectivity index (χ2n) is 5.03. The van der Waals surface area contributed by atoms with Gasteiger partial charge < -0.3 is 10.1 Å². The number of anilines is 2. The molecule has 0 spiro atoms. The summed E-state index contributed by atoms with van der Waals surface area (Å²) in [6, 6.07) is 14.5. The van der Waals surface area contributed by atoms with E-state index in [1.807, 2.05) is 31.2 Å². The summed E-state index contributed by atoms with van der Waals surface area (Å²) in [6.45, 7) is 3.68. The first-order valence-corrected chi connectivity index (χ1v) is 8.36. The van der Waals surface area contributed by atoms with Crippen molar-refractivity contribution in [2.75, 3.05) is 23.4 Å². The Morgan fingerprint density at radius 1 is 1.12 bits per heavy atom. The van der Waals surface area contributed by atoms with Gasteiger partial charge in [-0.15, -0.1) is 0 Å². The molecule has 0 radical (unpaired) electrons. The third-order valence-corrected chi connectivity index (χ3v) is 3.98. The van der Waals surface area contributed by atoms with Crippen LogP contribution in [-0.4, -0.2) is 25.0 Å². The summed E-state index contributed by atoms with van der Waals surface area (Å²) in [5.74, 6) is 0.0525. The number of para-hydroxylation sites is 3. The number of halogens is 1. The first-order chi connectivity index (χ1) is 11.5. The second-order valence-corrected chi connectivity index (χ2v) is 5.89. The maximum Gasteiger partial charge on any atom is 0.244 e. The van der Waals surface area contributed by atoms with Gasteiger partial charge in [-0.1, -0.05) is 24.3 Å². The van der Waals surface area contributed by atoms with E-state index in [2.05, 4.69) is 21.2 Å². The molecule has 1 N–H and O–H groups in total. The largest absolute Gasteiger partial charge is 0.492 e. The predicted molar refractivity (Wildman–Crippen MR) is 98.4 cm³/mol. The zero-order valence-corrected chi connectivity index (χ0v) is 15.2. The monoisotopic (exact) mass is 390 g/mol. The Kier molecular flexibility index (Phi) is 6.37. The molecular weight excluding hydrogens is 372 g/mol. The van der Waals surface area contributed by atoms with Gasteiger partial charge in [-0.25, -0.2) is 0 Å². The molecule has 126 valence electrons. The number of nitrogens with one attached hydrogen (secondary N) is 1. The van der Waals surface area contributed by atoms with Crippen molar-refractivity contribution >= 4 is 39.1 Å². The van der Waals surface area contributed by atoms with Crippen molar-refractivity contribution in [3.05, 3.63) is 53.0 Å². The van der Waals surface area contributed by atoms with Gasteiger partial charge in [-0.2, -0.15) is 0 Å². The highest BCUT2D eigenvalue weighted by atomic mass is 79.9. The van der Waals surface area contributed by atoms with Gasteiger partial charge in [0.1, 0.15) is 12.3 Å². The first-order valence-electron chi connectivity index (χ1n) is 7.57. The Hall–Kier alpha value is -2.34. The van der Waals surface area contributed by atoms with E-state index in [1.54, 1.807) is 24.3 Å². The maximum absolute atomic E-state index is 12.4. The molecular formula is C18H19BrN2O3. The van der Waals surface area contributed by atoms with Crippen LogP contribution in [0, 0.1) is 0 Å². The number of ether oxygens (including phenoxy) is 1. The number of nitrogens with zero attached hydrogens (tertiary/aromatic N) is 1. The van der Waals surface area contributed by atoms with E-state index in [4.69, 9.17) is 4.74 Å². The van der Waals surface area contributed by atoms with Crippen LogP contribution in [0.4, 0.5) is 11.4 Å². The minimum Gasteiger partial charge on any atom is -0.492 e. The smallest absolute Gasteiger partial charge is 0.244 e. The lowest BCUT2D eigenvalue weighted by Gasteiger charge is -2.23. The Balaban J connectivity index is 2.19. The average Bonchev–Trinajstić information content (AvgIpc) is 2.56. The molecule has 0 heterocycles. The van der Waals surface area contributed by atoms with Gasteiger partial charge in [-0.3, -0.25) is 14.5 Å². The first kappa shape index (κ1) is 18.0. The van der Waals surface area contributed by atoms with Crippen LogP contribution in [0.2, 0.25) is 0 Å². The standard InChI is InChI=1S/C18H19BrN2O3/c1-3-24-17-11-7-6-10-16(17)21(13(2)22)12-18(23)20-15-9-5-4-8-14(15)19/h4-11H,3,12H2,1-2H3,(H,20,23). The molecule has 2 aromatic rings. The van der Waals surface area contributed by atoms with Crippen LogP contribution < -0.4 is 15.0 Å². The van der Waals surface area contributed by atoms with Crippen molar-refractivity contribution in [1.82, 2.24) is 0 Å². The summed E-state index contributed by atoms with van der Waals surface area (Å²) in [6.07, 6.45) is 0. The predicted octanol–water partition coefficient (Wildman–Crippen LogP) is 3.84. The minimum atomic E-state index is -0.289. The third kappa shape index (κ3) is 4.58. The molecule has 2 aromatic carbocycles. The van der Waals surface area contributed by atoms with Gasteiger partial charge in [0.15, 0.2) is 0 Å². The van der Waals surface area contributed by atoms with E-state index < -0.39 is 0 Å². The fourth-order valence-electron chi connectivity index (χ4n) is 2.22. The van der Waals surface area contributed by atoms with E-state index in [0.717, 1.165) is 4.47 Å². The zero-order valence-electron chi connectivity index (χ0n) is 13.6. The molecule has 0 fully saturated rings. The Morgan fingerprint density at radius 3 is 2.46 bits per heavy atom. The number of hydrogen-bond donors (Lipinski definition) is 1. The van der Waals surface area contributed by atoms with E-state index >= 15 is 0 Å². The Labute approximate surface area is 149 Å². The number of amides is 2. The number of hydrogen-bond acceptors (Lipinski definition) is 3. The van der Waals surface area contributed by atoms with Gasteiger partial charge >= 0.3 is 0 Å². The molecule has 5 nitrogen and oxygen atoms in total. The topological polar surface area (TPSA) is 58.6 Å². The van der Waals surface area contributed by atoms with Crippen molar-refractivity contribution in [3.63, 3.8) is 0 Å². The normalized spacial score (nSPS) is 10.1. The highest BCUT2D eigenvalue weighted by molar-refractivity contribution is 9.10. The van der Waals surface area contributed by atoms with E-state index in [-0.39, 0.29) is 18.4 Å². The maximum atomic E-state index is 12.4. The lowest BCUT2D eigenvalue weighted by Crippen LogP contribution is -2.37. The summed E-state index contributed by atoms with van der Waals surface area (Å²) < 4.78 is 6.33. The summed E-state index contributed by atoms with van der Waals surface area (Å²) in [4.78, 5) is 25.8. The van der Waals surface area contributed by atoms with Crippen LogP contribution >= 0.6 is 15.9 Å². The molecule has 0 saturated carbocycles. The molecule has 2 rings (SSSR count). The van der Waals surface area contributed by atoms with Gasteiger partial charge in [0, 0.05) is 11.4 Å². The van der Waals surface area contributed by atoms with Crippen LogP contribution in [0.25, 0.3) is 0 Å². The number of rotatable bonds is 6. The molecule has 0 unspecified atom stereocenters. The van der Waals surface area contributed by atoms with Crippen molar-refractivity contribution < 1.29 is 14.3 Å². The second kappa shape index (κ2) is 8.49. The lowest BCUT2D eigenvalue weighted by atomic mass is 10.2. The van der Waals surface area contributed by atoms with Gasteiger partial charge in [0.25, 0.3) is 0 Å². The van der Waals surface area contributed by atoms with Crippen molar-refractivity contribution in [3.8, 4) is 5.75 Å². The van der Waals surface area contributed by atoms with Crippen molar-refractivity contribution in [2.24, 2.45) is 0 Å². The number of carbonyl (C=O) groups excluding carboxylic acids is 2. The summed E-state index contributed by atoms with van der Waals surface area (Å²) in [7, 11) is 0. The molecule has 0 bridgehead atoms. The summed E-state index contributed by atoms with van der Waals surface area (Å²) >= 11 is 3.38. The molecule has 0 aliphatic rings. The Morgan fingerprint density at radius 2 is 1.79 bits per heavy atom. The molecule has 0 saturated heterocycles. The van der Waals surface area contributed by atoms with E-state index in [9.17, 15) is 9.59 Å². The molecule has 6 heteroatoms. The SMILES string of the molecule is CCOc1ccccc1N(CC(=O)Nc1ccccc1Br)C(C)=O. The molecule has 0 aliphatic carbocycles. The molecule has 0 atom stereocenters. The van der Waals surface area contributed by atoms with Crippen LogP contribution in [0.15, 0.2) is 53.0 Å². The molecule has 24 heavy (non-hydrogen) atoms. The van der Waals surface area contributed by atoms with Crippen LogP contribution in [0.1, 0.15) is 13.8 Å². The fourth-order valence-corrected chi connectivity index (χ4v) is 2.60. The van der Waals surface area contributed by atoms with E-state index in [1.165, 1.54) is 11.8 Å². The van der Waals surface area contributed by atoms with Crippen molar-refractivity contribution in [2.45, 2.75) is 13.8 Å². The van der Waals surface area contributed by atoms with Crippen molar-refractivity contribution in [1.29, 1.82) is 0 Å². The van der Waals surface area contributed by atoms with Crippen LogP contribution in [-0.2, 0) is 9.59 Å². The summed E-state index contributed by atoms with van der Waals surface area (Å²) in [5, 5.41) is 2.80.